The van der Waals surface area contributed by atoms with Crippen LogP contribution in [0.5, 0.6) is 5.75 Å². The minimum atomic E-state index is -0.695. The number of ether oxygens (including phenoxy) is 1. The molecule has 2 heterocycles. The number of aromatic nitrogens is 4. The highest BCUT2D eigenvalue weighted by atomic mass is 35.5. The molecule has 1 N–H and O–H groups in total. The lowest BCUT2D eigenvalue weighted by Gasteiger charge is -2.14. The molecule has 9 nitrogen and oxygen atoms in total. The normalized spacial score (nSPS) is 10.9. The molecule has 0 aliphatic carbocycles. The van der Waals surface area contributed by atoms with Gasteiger partial charge >= 0.3 is 5.69 Å². The van der Waals surface area contributed by atoms with E-state index >= 15 is 0 Å². The van der Waals surface area contributed by atoms with E-state index in [2.05, 4.69) is 15.3 Å². The van der Waals surface area contributed by atoms with E-state index in [4.69, 9.17) is 16.3 Å². The fraction of sp³-hybridized carbons (Fsp3) is 0.174. The zero-order valence-corrected chi connectivity index (χ0v) is 18.7. The van der Waals surface area contributed by atoms with Crippen molar-refractivity contribution in [2.45, 2.75) is 20.0 Å². The molecule has 168 valence electrons. The number of nitrogens with zero attached hydrogens (tertiary/aromatic N) is 4. The first-order valence-corrected chi connectivity index (χ1v) is 10.4. The molecule has 0 aliphatic rings. The number of benzene rings is 2. The third-order valence-corrected chi connectivity index (χ3v) is 5.43. The monoisotopic (exact) mass is 465 g/mol. The van der Waals surface area contributed by atoms with Gasteiger partial charge in [0.15, 0.2) is 11.2 Å². The molecule has 4 rings (SSSR count). The summed E-state index contributed by atoms with van der Waals surface area (Å²) < 4.78 is 7.42. The molecular formula is C23H20ClN5O4. The summed E-state index contributed by atoms with van der Waals surface area (Å²) in [5, 5.41) is 3.17. The highest BCUT2D eigenvalue weighted by molar-refractivity contribution is 6.31. The maximum Gasteiger partial charge on any atom is 0.333 e. The van der Waals surface area contributed by atoms with Crippen molar-refractivity contribution in [3.63, 3.8) is 0 Å². The molecule has 10 heteroatoms. The molecule has 0 spiro atoms. The fourth-order valence-electron chi connectivity index (χ4n) is 3.46. The summed E-state index contributed by atoms with van der Waals surface area (Å²) in [7, 11) is 1.50. The van der Waals surface area contributed by atoms with Crippen LogP contribution >= 0.6 is 11.6 Å². The summed E-state index contributed by atoms with van der Waals surface area (Å²) in [5.41, 5.74) is 0.670. The van der Waals surface area contributed by atoms with Gasteiger partial charge in [-0.2, -0.15) is 0 Å². The summed E-state index contributed by atoms with van der Waals surface area (Å²) in [6.45, 7) is 1.43. The SMILES string of the molecule is COc1ccc(C)cc1NC(=O)Cn1c(=O)n(Cc2ccccc2Cl)c(=O)c2nccnc21. The van der Waals surface area contributed by atoms with Gasteiger partial charge in [-0.25, -0.2) is 14.8 Å². The van der Waals surface area contributed by atoms with Gasteiger partial charge in [0.1, 0.15) is 12.3 Å². The van der Waals surface area contributed by atoms with Crippen LogP contribution in [0.2, 0.25) is 5.02 Å². The van der Waals surface area contributed by atoms with Crippen LogP contribution in [-0.2, 0) is 17.9 Å². The lowest BCUT2D eigenvalue weighted by atomic mass is 10.2. The van der Waals surface area contributed by atoms with Crippen LogP contribution in [0.4, 0.5) is 5.69 Å². The Morgan fingerprint density at radius 3 is 2.61 bits per heavy atom. The molecule has 2 aromatic carbocycles. The lowest BCUT2D eigenvalue weighted by Crippen LogP contribution is -2.42. The van der Waals surface area contributed by atoms with Gasteiger partial charge in [0.25, 0.3) is 5.56 Å². The van der Waals surface area contributed by atoms with Crippen LogP contribution in [0.3, 0.4) is 0 Å². The molecule has 1 amide bonds. The maximum atomic E-state index is 13.3. The topological polar surface area (TPSA) is 108 Å². The molecule has 2 aromatic heterocycles. The van der Waals surface area contributed by atoms with Crippen molar-refractivity contribution >= 4 is 34.4 Å². The summed E-state index contributed by atoms with van der Waals surface area (Å²) >= 11 is 6.22. The van der Waals surface area contributed by atoms with Gasteiger partial charge < -0.3 is 10.1 Å². The molecule has 33 heavy (non-hydrogen) atoms. The zero-order chi connectivity index (χ0) is 23.5. The Kier molecular flexibility index (Phi) is 6.23. The van der Waals surface area contributed by atoms with Crippen LogP contribution in [0.15, 0.2) is 64.4 Å². The van der Waals surface area contributed by atoms with E-state index in [1.165, 1.54) is 19.5 Å². The van der Waals surface area contributed by atoms with Gasteiger partial charge in [0, 0.05) is 17.4 Å². The Morgan fingerprint density at radius 2 is 1.85 bits per heavy atom. The zero-order valence-electron chi connectivity index (χ0n) is 17.9. The average molecular weight is 466 g/mol. The predicted molar refractivity (Wildman–Crippen MR) is 125 cm³/mol. The number of fused-ring (bicyclic) bond motifs is 1. The van der Waals surface area contributed by atoms with Crippen molar-refractivity contribution in [1.82, 2.24) is 19.1 Å². The van der Waals surface area contributed by atoms with Crippen LogP contribution in [0.1, 0.15) is 11.1 Å². The third-order valence-electron chi connectivity index (χ3n) is 5.06. The van der Waals surface area contributed by atoms with E-state index in [0.29, 0.717) is 22.0 Å². The number of carbonyl (C=O) groups excluding carboxylic acids is 1. The Morgan fingerprint density at radius 1 is 1.09 bits per heavy atom. The molecule has 0 fully saturated rings. The maximum absolute atomic E-state index is 13.3. The molecule has 0 unspecified atom stereocenters. The van der Waals surface area contributed by atoms with E-state index < -0.39 is 17.2 Å². The smallest absolute Gasteiger partial charge is 0.333 e. The second kappa shape index (κ2) is 9.25. The van der Waals surface area contributed by atoms with Crippen molar-refractivity contribution < 1.29 is 9.53 Å². The largest absolute Gasteiger partial charge is 0.495 e. The number of halogens is 1. The Hall–Kier alpha value is -3.98. The van der Waals surface area contributed by atoms with Crippen LogP contribution < -0.4 is 21.3 Å². The second-order valence-corrected chi connectivity index (χ2v) is 7.74. The standard InChI is InChI=1S/C23H20ClN5O4/c1-14-7-8-18(33-2)17(11-14)27-19(30)13-28-21-20(25-9-10-26-21)22(31)29(23(28)32)12-15-5-3-4-6-16(15)24/h3-11H,12-13H2,1-2H3,(H,27,30). The molecule has 0 atom stereocenters. The summed E-state index contributed by atoms with van der Waals surface area (Å²) in [4.78, 5) is 47.4. The van der Waals surface area contributed by atoms with Gasteiger partial charge in [-0.3, -0.25) is 18.7 Å². The van der Waals surface area contributed by atoms with Crippen molar-refractivity contribution in [2.24, 2.45) is 0 Å². The minimum absolute atomic E-state index is 0.0225. The van der Waals surface area contributed by atoms with Gasteiger partial charge in [-0.15, -0.1) is 0 Å². The quantitative estimate of drug-likeness (QED) is 0.469. The first-order valence-electron chi connectivity index (χ1n) is 10.0. The van der Waals surface area contributed by atoms with E-state index in [9.17, 15) is 14.4 Å². The molecular weight excluding hydrogens is 446 g/mol. The molecule has 0 bridgehead atoms. The summed E-state index contributed by atoms with van der Waals surface area (Å²) in [6.07, 6.45) is 2.72. The average Bonchev–Trinajstić information content (AvgIpc) is 2.81. The summed E-state index contributed by atoms with van der Waals surface area (Å²) in [6, 6.07) is 12.3. The van der Waals surface area contributed by atoms with Crippen molar-refractivity contribution in [2.75, 3.05) is 12.4 Å². The lowest BCUT2D eigenvalue weighted by molar-refractivity contribution is -0.116. The van der Waals surface area contributed by atoms with Crippen molar-refractivity contribution in [3.05, 3.63) is 91.8 Å². The van der Waals surface area contributed by atoms with Crippen LogP contribution in [0.25, 0.3) is 11.2 Å². The molecule has 0 saturated heterocycles. The first-order chi connectivity index (χ1) is 15.9. The summed E-state index contributed by atoms with van der Waals surface area (Å²) in [5.74, 6) is -0.00877. The first kappa shape index (κ1) is 22.2. The van der Waals surface area contributed by atoms with Gasteiger partial charge in [-0.05, 0) is 36.2 Å². The molecule has 0 radical (unpaired) electrons. The Bertz CT molecular complexity index is 1480. The highest BCUT2D eigenvalue weighted by Gasteiger charge is 2.19. The van der Waals surface area contributed by atoms with Crippen molar-refractivity contribution in [3.8, 4) is 5.75 Å². The number of amides is 1. The van der Waals surface area contributed by atoms with E-state index in [1.807, 2.05) is 13.0 Å². The second-order valence-electron chi connectivity index (χ2n) is 7.33. The third kappa shape index (κ3) is 4.49. The fourth-order valence-corrected chi connectivity index (χ4v) is 3.66. The number of carbonyl (C=O) groups is 1. The molecule has 4 aromatic rings. The Balaban J connectivity index is 1.77. The number of aryl methyl sites for hydroxylation is 1. The molecule has 0 aliphatic heterocycles. The number of nitrogens with one attached hydrogen (secondary N) is 1. The minimum Gasteiger partial charge on any atom is -0.495 e. The predicted octanol–water partition coefficient (Wildman–Crippen LogP) is 2.61. The van der Waals surface area contributed by atoms with E-state index in [-0.39, 0.29) is 24.3 Å². The van der Waals surface area contributed by atoms with Gasteiger partial charge in [-0.1, -0.05) is 35.9 Å². The number of anilines is 1. The van der Waals surface area contributed by atoms with E-state index in [0.717, 1.165) is 14.7 Å². The van der Waals surface area contributed by atoms with E-state index in [1.54, 1.807) is 36.4 Å². The number of rotatable bonds is 6. The molecule has 0 saturated carbocycles. The Labute approximate surface area is 193 Å². The van der Waals surface area contributed by atoms with Gasteiger partial charge in [0.05, 0.1) is 19.3 Å². The number of methoxy groups -OCH3 is 1. The number of hydrogen-bond donors (Lipinski definition) is 1. The van der Waals surface area contributed by atoms with Crippen LogP contribution in [-0.4, -0.2) is 32.1 Å². The van der Waals surface area contributed by atoms with Crippen LogP contribution in [0, 0.1) is 6.92 Å². The van der Waals surface area contributed by atoms with Crippen molar-refractivity contribution in [1.29, 1.82) is 0 Å². The highest BCUT2D eigenvalue weighted by Crippen LogP contribution is 2.25. The van der Waals surface area contributed by atoms with Gasteiger partial charge in [0.2, 0.25) is 5.91 Å². The number of hydrogen-bond acceptors (Lipinski definition) is 6.